The molecule has 3 rings (SSSR count). The van der Waals surface area contributed by atoms with E-state index in [9.17, 15) is 8.42 Å². The number of hydrogen-bond acceptors (Lipinski definition) is 5. The van der Waals surface area contributed by atoms with Crippen molar-refractivity contribution < 1.29 is 8.42 Å². The minimum absolute atomic E-state index is 0.144. The van der Waals surface area contributed by atoms with Crippen LogP contribution in [-0.2, 0) is 17.1 Å². The molecule has 1 fully saturated rings. The van der Waals surface area contributed by atoms with Crippen LogP contribution >= 0.6 is 0 Å². The molecular formula is C14H21N5O2S. The highest BCUT2D eigenvalue weighted by atomic mass is 32.2. The molecule has 1 aliphatic heterocycles. The molecule has 7 nitrogen and oxygen atoms in total. The molecule has 0 bridgehead atoms. The van der Waals surface area contributed by atoms with E-state index in [0.29, 0.717) is 25.3 Å². The SMILES string of the molecule is Cc1nn(C)c2ncc(S(=O)(=O)N3CCC(C)(CN)C3)cc12. The van der Waals surface area contributed by atoms with Gasteiger partial charge in [0.2, 0.25) is 10.0 Å². The van der Waals surface area contributed by atoms with Gasteiger partial charge in [-0.15, -0.1) is 0 Å². The zero-order valence-corrected chi connectivity index (χ0v) is 13.9. The molecule has 2 aromatic rings. The van der Waals surface area contributed by atoms with Crippen molar-refractivity contribution in [3.05, 3.63) is 18.0 Å². The number of rotatable bonds is 3. The molecule has 0 amide bonds. The van der Waals surface area contributed by atoms with Gasteiger partial charge in [-0.25, -0.2) is 13.4 Å². The fraction of sp³-hybridized carbons (Fsp3) is 0.571. The lowest BCUT2D eigenvalue weighted by atomic mass is 9.90. The van der Waals surface area contributed by atoms with Gasteiger partial charge in [0, 0.05) is 31.7 Å². The summed E-state index contributed by atoms with van der Waals surface area (Å²) in [5.41, 5.74) is 7.08. The zero-order chi connectivity index (χ0) is 16.1. The molecule has 1 saturated heterocycles. The molecule has 1 aliphatic rings. The second-order valence-corrected chi connectivity index (χ2v) is 8.29. The summed E-state index contributed by atoms with van der Waals surface area (Å²) in [5.74, 6) is 0. The highest BCUT2D eigenvalue weighted by Crippen LogP contribution is 2.33. The maximum Gasteiger partial charge on any atom is 0.244 e. The van der Waals surface area contributed by atoms with Crippen LogP contribution in [-0.4, -0.2) is 47.1 Å². The van der Waals surface area contributed by atoms with Gasteiger partial charge in [0.15, 0.2) is 5.65 Å². The maximum absolute atomic E-state index is 12.8. The first-order valence-electron chi connectivity index (χ1n) is 7.26. The molecule has 0 aliphatic carbocycles. The van der Waals surface area contributed by atoms with Gasteiger partial charge in [0.25, 0.3) is 0 Å². The van der Waals surface area contributed by atoms with Crippen LogP contribution in [0.1, 0.15) is 19.0 Å². The average Bonchev–Trinajstić information content (AvgIpc) is 3.02. The Kier molecular flexibility index (Phi) is 3.50. The first-order valence-corrected chi connectivity index (χ1v) is 8.70. The largest absolute Gasteiger partial charge is 0.330 e. The summed E-state index contributed by atoms with van der Waals surface area (Å²) in [7, 11) is -1.75. The molecular weight excluding hydrogens is 302 g/mol. The number of aryl methyl sites for hydroxylation is 2. The van der Waals surface area contributed by atoms with Crippen molar-refractivity contribution in [2.24, 2.45) is 18.2 Å². The molecule has 1 unspecified atom stereocenters. The van der Waals surface area contributed by atoms with Crippen molar-refractivity contribution >= 4 is 21.1 Å². The number of pyridine rings is 1. The molecule has 2 N–H and O–H groups in total. The minimum Gasteiger partial charge on any atom is -0.330 e. The summed E-state index contributed by atoms with van der Waals surface area (Å²) < 4.78 is 28.8. The molecule has 0 radical (unpaired) electrons. The van der Waals surface area contributed by atoms with Gasteiger partial charge in [0.1, 0.15) is 4.90 Å². The summed E-state index contributed by atoms with van der Waals surface area (Å²) in [6.45, 7) is 5.31. The van der Waals surface area contributed by atoms with Gasteiger partial charge in [-0.05, 0) is 31.4 Å². The van der Waals surface area contributed by atoms with Gasteiger partial charge < -0.3 is 5.73 Å². The van der Waals surface area contributed by atoms with Crippen molar-refractivity contribution in [1.82, 2.24) is 19.1 Å². The first kappa shape index (κ1) is 15.4. The van der Waals surface area contributed by atoms with Crippen molar-refractivity contribution in [2.45, 2.75) is 25.2 Å². The van der Waals surface area contributed by atoms with Crippen molar-refractivity contribution in [1.29, 1.82) is 0 Å². The Morgan fingerprint density at radius 2 is 2.18 bits per heavy atom. The summed E-state index contributed by atoms with van der Waals surface area (Å²) in [5, 5.41) is 5.04. The third kappa shape index (κ3) is 2.31. The third-order valence-corrected chi connectivity index (χ3v) is 6.30. The zero-order valence-electron chi connectivity index (χ0n) is 13.1. The first-order chi connectivity index (χ1) is 10.3. The topological polar surface area (TPSA) is 94.1 Å². The van der Waals surface area contributed by atoms with E-state index >= 15 is 0 Å². The molecule has 22 heavy (non-hydrogen) atoms. The molecule has 1 atom stereocenters. The summed E-state index contributed by atoms with van der Waals surface area (Å²) >= 11 is 0. The van der Waals surface area contributed by atoms with E-state index in [4.69, 9.17) is 5.73 Å². The Labute approximate surface area is 130 Å². The van der Waals surface area contributed by atoms with Crippen LogP contribution in [0, 0.1) is 12.3 Å². The molecule has 120 valence electrons. The van der Waals surface area contributed by atoms with E-state index in [1.807, 2.05) is 13.8 Å². The van der Waals surface area contributed by atoms with Crippen LogP contribution in [0.4, 0.5) is 0 Å². The number of nitrogens with zero attached hydrogens (tertiary/aromatic N) is 4. The lowest BCUT2D eigenvalue weighted by Gasteiger charge is -2.22. The molecule has 3 heterocycles. The van der Waals surface area contributed by atoms with E-state index in [2.05, 4.69) is 10.1 Å². The Balaban J connectivity index is 2.01. The molecule has 0 saturated carbocycles. The normalized spacial score (nSPS) is 23.5. The minimum atomic E-state index is -3.54. The number of sulfonamides is 1. The van der Waals surface area contributed by atoms with Crippen LogP contribution in [0.25, 0.3) is 11.0 Å². The summed E-state index contributed by atoms with van der Waals surface area (Å²) in [6, 6.07) is 1.66. The van der Waals surface area contributed by atoms with Crippen molar-refractivity contribution in [3.8, 4) is 0 Å². The number of fused-ring (bicyclic) bond motifs is 1. The van der Waals surface area contributed by atoms with Crippen LogP contribution < -0.4 is 5.73 Å². The fourth-order valence-electron chi connectivity index (χ4n) is 2.93. The monoisotopic (exact) mass is 323 g/mol. The number of aromatic nitrogens is 3. The predicted octanol–water partition coefficient (Wildman–Crippen LogP) is 0.636. The number of hydrogen-bond donors (Lipinski definition) is 1. The van der Waals surface area contributed by atoms with E-state index in [1.54, 1.807) is 17.8 Å². The predicted molar refractivity (Wildman–Crippen MR) is 83.8 cm³/mol. The average molecular weight is 323 g/mol. The standard InChI is InChI=1S/C14H21N5O2S/c1-10-12-6-11(7-16-13(12)18(3)17-10)22(20,21)19-5-4-14(2,8-15)9-19/h6-7H,4-5,8-9,15H2,1-3H3. The lowest BCUT2D eigenvalue weighted by Crippen LogP contribution is -2.34. The lowest BCUT2D eigenvalue weighted by molar-refractivity contribution is 0.349. The van der Waals surface area contributed by atoms with Crippen LogP contribution in [0.5, 0.6) is 0 Å². The highest BCUT2D eigenvalue weighted by Gasteiger charge is 2.39. The molecule has 8 heteroatoms. The van der Waals surface area contributed by atoms with E-state index in [-0.39, 0.29) is 10.3 Å². The summed E-state index contributed by atoms with van der Waals surface area (Å²) in [6.07, 6.45) is 2.20. The quantitative estimate of drug-likeness (QED) is 0.894. The van der Waals surface area contributed by atoms with E-state index in [0.717, 1.165) is 17.5 Å². The van der Waals surface area contributed by atoms with Crippen molar-refractivity contribution in [2.75, 3.05) is 19.6 Å². The van der Waals surface area contributed by atoms with Crippen LogP contribution in [0.2, 0.25) is 0 Å². The van der Waals surface area contributed by atoms with Crippen LogP contribution in [0.3, 0.4) is 0 Å². The summed E-state index contributed by atoms with van der Waals surface area (Å²) in [4.78, 5) is 4.49. The van der Waals surface area contributed by atoms with Gasteiger partial charge in [-0.1, -0.05) is 6.92 Å². The highest BCUT2D eigenvalue weighted by molar-refractivity contribution is 7.89. The number of nitrogens with two attached hydrogens (primary N) is 1. The van der Waals surface area contributed by atoms with Gasteiger partial charge in [-0.2, -0.15) is 9.40 Å². The Morgan fingerprint density at radius 1 is 1.45 bits per heavy atom. The van der Waals surface area contributed by atoms with Gasteiger partial charge in [0.05, 0.1) is 5.69 Å². The Bertz CT molecular complexity index is 829. The van der Waals surface area contributed by atoms with Crippen LogP contribution in [0.15, 0.2) is 17.2 Å². The van der Waals surface area contributed by atoms with E-state index in [1.165, 1.54) is 10.5 Å². The smallest absolute Gasteiger partial charge is 0.244 e. The molecule has 0 spiro atoms. The molecule has 2 aromatic heterocycles. The fourth-order valence-corrected chi connectivity index (χ4v) is 4.49. The van der Waals surface area contributed by atoms with E-state index < -0.39 is 10.0 Å². The molecule has 0 aromatic carbocycles. The Morgan fingerprint density at radius 3 is 2.82 bits per heavy atom. The third-order valence-electron chi connectivity index (χ3n) is 4.49. The second-order valence-electron chi connectivity index (χ2n) is 6.35. The van der Waals surface area contributed by atoms with Gasteiger partial charge in [-0.3, -0.25) is 4.68 Å². The Hall–Kier alpha value is -1.51. The maximum atomic E-state index is 12.8. The van der Waals surface area contributed by atoms with Gasteiger partial charge >= 0.3 is 0 Å². The van der Waals surface area contributed by atoms with Crippen molar-refractivity contribution in [3.63, 3.8) is 0 Å². The second kappa shape index (κ2) is 5.00.